The Morgan fingerprint density at radius 2 is 1.08 bits per heavy atom. The molecule has 0 saturated carbocycles. The SMILES string of the molecule is COc1ccc(OC)c2c(OC)ccc(OC)c12.O=C(O)CCO. The van der Waals surface area contributed by atoms with Gasteiger partial charge in [0, 0.05) is 0 Å². The number of carboxylic acid groups (broad SMARTS) is 1. The van der Waals surface area contributed by atoms with E-state index in [2.05, 4.69) is 0 Å². The summed E-state index contributed by atoms with van der Waals surface area (Å²) in [6.45, 7) is -0.269. The molecule has 0 heterocycles. The van der Waals surface area contributed by atoms with Crippen molar-refractivity contribution in [2.45, 2.75) is 6.42 Å². The van der Waals surface area contributed by atoms with Gasteiger partial charge < -0.3 is 29.2 Å². The van der Waals surface area contributed by atoms with E-state index in [9.17, 15) is 4.79 Å². The molecule has 2 rings (SSSR count). The number of hydrogen-bond donors (Lipinski definition) is 2. The van der Waals surface area contributed by atoms with E-state index in [0.717, 1.165) is 33.8 Å². The number of carboxylic acids is 1. The highest BCUT2D eigenvalue weighted by atomic mass is 16.5. The average molecular weight is 338 g/mol. The van der Waals surface area contributed by atoms with E-state index in [0.29, 0.717) is 0 Å². The molecule has 0 aliphatic heterocycles. The molecule has 132 valence electrons. The predicted molar refractivity (Wildman–Crippen MR) is 89.5 cm³/mol. The Labute approximate surface area is 140 Å². The zero-order valence-corrected chi connectivity index (χ0v) is 14.2. The Balaban J connectivity index is 0.000000413. The number of ether oxygens (including phenoxy) is 4. The molecule has 0 atom stereocenters. The highest BCUT2D eigenvalue weighted by Crippen LogP contribution is 2.43. The normalized spacial score (nSPS) is 9.71. The molecule has 0 saturated heterocycles. The minimum absolute atomic E-state index is 0.153. The molecular formula is C17H22O7. The second-order valence-electron chi connectivity index (χ2n) is 4.56. The summed E-state index contributed by atoms with van der Waals surface area (Å²) in [5.41, 5.74) is 0. The molecule has 7 heteroatoms. The first kappa shape index (κ1) is 19.4. The van der Waals surface area contributed by atoms with Gasteiger partial charge in [-0.25, -0.2) is 0 Å². The maximum absolute atomic E-state index is 9.44. The molecule has 0 amide bonds. The van der Waals surface area contributed by atoms with Crippen LogP contribution in [0.2, 0.25) is 0 Å². The van der Waals surface area contributed by atoms with Crippen LogP contribution >= 0.6 is 0 Å². The van der Waals surface area contributed by atoms with Crippen LogP contribution < -0.4 is 18.9 Å². The predicted octanol–water partition coefficient (Wildman–Crippen LogP) is 2.33. The lowest BCUT2D eigenvalue weighted by molar-refractivity contribution is -0.137. The van der Waals surface area contributed by atoms with E-state index in [-0.39, 0.29) is 13.0 Å². The van der Waals surface area contributed by atoms with Crippen LogP contribution in [0.5, 0.6) is 23.0 Å². The smallest absolute Gasteiger partial charge is 0.305 e. The summed E-state index contributed by atoms with van der Waals surface area (Å²) in [7, 11) is 6.50. The van der Waals surface area contributed by atoms with Gasteiger partial charge in [0.25, 0.3) is 0 Å². The molecule has 0 fully saturated rings. The van der Waals surface area contributed by atoms with Gasteiger partial charge in [-0.1, -0.05) is 0 Å². The summed E-state index contributed by atoms with van der Waals surface area (Å²) >= 11 is 0. The van der Waals surface area contributed by atoms with Gasteiger partial charge in [0.2, 0.25) is 0 Å². The topological polar surface area (TPSA) is 94.5 Å². The van der Waals surface area contributed by atoms with Gasteiger partial charge in [-0.15, -0.1) is 0 Å². The van der Waals surface area contributed by atoms with E-state index in [1.54, 1.807) is 28.4 Å². The molecule has 0 unspecified atom stereocenters. The number of benzene rings is 2. The van der Waals surface area contributed by atoms with Crippen LogP contribution in [0.3, 0.4) is 0 Å². The molecular weight excluding hydrogens is 316 g/mol. The fourth-order valence-corrected chi connectivity index (χ4v) is 2.15. The largest absolute Gasteiger partial charge is 0.496 e. The van der Waals surface area contributed by atoms with Crippen molar-refractivity contribution in [2.75, 3.05) is 35.0 Å². The van der Waals surface area contributed by atoms with Crippen molar-refractivity contribution < 1.29 is 34.0 Å². The Kier molecular flexibility index (Phi) is 7.64. The van der Waals surface area contributed by atoms with E-state index in [4.69, 9.17) is 29.2 Å². The highest BCUT2D eigenvalue weighted by molar-refractivity contribution is 6.02. The van der Waals surface area contributed by atoms with Crippen LogP contribution in [0.4, 0.5) is 0 Å². The van der Waals surface area contributed by atoms with Gasteiger partial charge in [-0.05, 0) is 24.3 Å². The van der Waals surface area contributed by atoms with Crippen molar-refractivity contribution in [3.05, 3.63) is 24.3 Å². The van der Waals surface area contributed by atoms with Crippen LogP contribution in [0, 0.1) is 0 Å². The van der Waals surface area contributed by atoms with Crippen molar-refractivity contribution in [1.82, 2.24) is 0 Å². The van der Waals surface area contributed by atoms with Crippen molar-refractivity contribution in [1.29, 1.82) is 0 Å². The van der Waals surface area contributed by atoms with Crippen LogP contribution in [-0.4, -0.2) is 51.2 Å². The third kappa shape index (κ3) is 4.42. The van der Waals surface area contributed by atoms with Crippen LogP contribution in [0.1, 0.15) is 6.42 Å². The van der Waals surface area contributed by atoms with Crippen LogP contribution in [0.25, 0.3) is 10.8 Å². The molecule has 0 spiro atoms. The Hall–Kier alpha value is -2.67. The summed E-state index contributed by atoms with van der Waals surface area (Å²) in [5.74, 6) is 1.93. The number of aliphatic hydroxyl groups is 1. The number of fused-ring (bicyclic) bond motifs is 1. The first-order valence-electron chi connectivity index (χ1n) is 7.12. The lowest BCUT2D eigenvalue weighted by Gasteiger charge is -2.15. The van der Waals surface area contributed by atoms with E-state index >= 15 is 0 Å². The Morgan fingerprint density at radius 3 is 1.21 bits per heavy atom. The van der Waals surface area contributed by atoms with Gasteiger partial charge in [-0.3, -0.25) is 4.79 Å². The second-order valence-corrected chi connectivity index (χ2v) is 4.56. The molecule has 7 nitrogen and oxygen atoms in total. The lowest BCUT2D eigenvalue weighted by atomic mass is 10.1. The third-order valence-corrected chi connectivity index (χ3v) is 3.21. The fourth-order valence-electron chi connectivity index (χ4n) is 2.15. The van der Waals surface area contributed by atoms with Crippen molar-refractivity contribution in [3.63, 3.8) is 0 Å². The highest BCUT2D eigenvalue weighted by Gasteiger charge is 2.16. The van der Waals surface area contributed by atoms with Crippen LogP contribution in [0.15, 0.2) is 24.3 Å². The summed E-state index contributed by atoms with van der Waals surface area (Å²) < 4.78 is 21.5. The zero-order valence-electron chi connectivity index (χ0n) is 14.2. The first-order chi connectivity index (χ1) is 11.5. The fraction of sp³-hybridized carbons (Fsp3) is 0.353. The minimum atomic E-state index is -0.961. The Morgan fingerprint density at radius 1 is 0.792 bits per heavy atom. The zero-order chi connectivity index (χ0) is 18.1. The molecule has 2 aromatic rings. The standard InChI is InChI=1S/C14H16O4.C3H6O3/c1-15-9-5-6-11(17-3)14-12(18-4)8-7-10(16-2)13(9)14;4-2-1-3(5)6/h5-8H,1-4H3;4H,1-2H2,(H,5,6). The number of aliphatic carboxylic acids is 1. The number of hydrogen-bond acceptors (Lipinski definition) is 6. The summed E-state index contributed by atoms with van der Waals surface area (Å²) in [6, 6.07) is 7.40. The van der Waals surface area contributed by atoms with Gasteiger partial charge >= 0.3 is 5.97 Å². The first-order valence-corrected chi connectivity index (χ1v) is 7.12. The molecule has 2 aromatic carbocycles. The second kappa shape index (κ2) is 9.46. The van der Waals surface area contributed by atoms with E-state index in [1.807, 2.05) is 24.3 Å². The van der Waals surface area contributed by atoms with Crippen LogP contribution in [-0.2, 0) is 4.79 Å². The summed E-state index contributed by atoms with van der Waals surface area (Å²) in [4.78, 5) is 9.44. The quantitative estimate of drug-likeness (QED) is 0.834. The summed E-state index contributed by atoms with van der Waals surface area (Å²) in [6.07, 6.45) is -0.153. The Bertz CT molecular complexity index is 585. The van der Waals surface area contributed by atoms with Gasteiger partial charge in [0.05, 0.1) is 52.2 Å². The molecule has 0 bridgehead atoms. The molecule has 0 aliphatic carbocycles. The van der Waals surface area contributed by atoms with Gasteiger partial charge in [0.15, 0.2) is 0 Å². The maximum atomic E-state index is 9.44. The van der Waals surface area contributed by atoms with E-state index < -0.39 is 5.97 Å². The molecule has 24 heavy (non-hydrogen) atoms. The third-order valence-electron chi connectivity index (χ3n) is 3.21. The summed E-state index contributed by atoms with van der Waals surface area (Å²) in [5, 5.41) is 17.3. The number of rotatable bonds is 6. The maximum Gasteiger partial charge on any atom is 0.305 e. The van der Waals surface area contributed by atoms with Crippen molar-refractivity contribution in [2.24, 2.45) is 0 Å². The molecule has 2 N–H and O–H groups in total. The lowest BCUT2D eigenvalue weighted by Crippen LogP contribution is -1.96. The molecule has 0 radical (unpaired) electrons. The minimum Gasteiger partial charge on any atom is -0.496 e. The van der Waals surface area contributed by atoms with Gasteiger partial charge in [0.1, 0.15) is 23.0 Å². The van der Waals surface area contributed by atoms with Crippen molar-refractivity contribution in [3.8, 4) is 23.0 Å². The van der Waals surface area contributed by atoms with E-state index in [1.165, 1.54) is 0 Å². The number of methoxy groups -OCH3 is 4. The average Bonchev–Trinajstić information content (AvgIpc) is 2.60. The number of carbonyl (C=O) groups is 1. The molecule has 0 aromatic heterocycles. The molecule has 0 aliphatic rings. The van der Waals surface area contributed by atoms with Crippen molar-refractivity contribution >= 4 is 16.7 Å². The monoisotopic (exact) mass is 338 g/mol. The number of aliphatic hydroxyl groups excluding tert-OH is 1. The van der Waals surface area contributed by atoms with Gasteiger partial charge in [-0.2, -0.15) is 0 Å².